The van der Waals surface area contributed by atoms with Gasteiger partial charge in [-0.1, -0.05) is 12.1 Å². The van der Waals surface area contributed by atoms with Gasteiger partial charge < -0.3 is 13.9 Å². The molecule has 0 radical (unpaired) electrons. The van der Waals surface area contributed by atoms with Gasteiger partial charge in [-0.15, -0.1) is 0 Å². The molecule has 0 saturated carbocycles. The minimum atomic E-state index is -5.17. The van der Waals surface area contributed by atoms with Crippen LogP contribution in [0.5, 0.6) is 11.5 Å². The van der Waals surface area contributed by atoms with Crippen LogP contribution in [0.25, 0.3) is 0 Å². The third-order valence-corrected chi connectivity index (χ3v) is 3.88. The van der Waals surface area contributed by atoms with Gasteiger partial charge >= 0.3 is 38.1 Å². The Labute approximate surface area is 159 Å². The molecule has 0 atom stereocenters. The molecule has 0 bridgehead atoms. The van der Waals surface area contributed by atoms with Crippen molar-refractivity contribution in [2.45, 2.75) is 13.8 Å². The van der Waals surface area contributed by atoms with Gasteiger partial charge in [0.15, 0.2) is 0 Å². The second kappa shape index (κ2) is 8.34. The fourth-order valence-corrected chi connectivity index (χ4v) is 2.76. The summed E-state index contributed by atoms with van der Waals surface area (Å²) in [7, 11) is -5.17. The van der Waals surface area contributed by atoms with Crippen molar-refractivity contribution in [3.05, 3.63) is 67.8 Å². The monoisotopic (exact) mass is 374 g/mol. The third kappa shape index (κ3) is 5.31. The van der Waals surface area contributed by atoms with Crippen LogP contribution in [0.3, 0.4) is 0 Å². The van der Waals surface area contributed by atoms with Crippen molar-refractivity contribution >= 4 is 19.2 Å². The Balaban J connectivity index is 0.00000338. The number of nitro groups is 2. The molecule has 0 aliphatic carbocycles. The Morgan fingerprint density at radius 3 is 1.50 bits per heavy atom. The Morgan fingerprint density at radius 1 is 0.846 bits per heavy atom. The zero-order chi connectivity index (χ0) is 18.8. The summed E-state index contributed by atoms with van der Waals surface area (Å²) in [6.45, 7) is 3.16. The third-order valence-electron chi connectivity index (χ3n) is 3.04. The van der Waals surface area contributed by atoms with E-state index < -0.39 is 40.5 Å². The maximum Gasteiger partial charge on any atom is 1.00 e. The molecule has 10 nitrogen and oxygen atoms in total. The number of hydrogen-bond donors (Lipinski definition) is 0. The van der Waals surface area contributed by atoms with E-state index in [1.54, 1.807) is 13.8 Å². The molecule has 12 heteroatoms. The van der Waals surface area contributed by atoms with E-state index in [0.29, 0.717) is 11.1 Å². The first-order valence-electron chi connectivity index (χ1n) is 6.79. The van der Waals surface area contributed by atoms with Crippen molar-refractivity contribution in [2.24, 2.45) is 0 Å². The van der Waals surface area contributed by atoms with Crippen LogP contribution >= 0.6 is 7.82 Å². The summed E-state index contributed by atoms with van der Waals surface area (Å²) in [6, 6.07) is 7.28. The average Bonchev–Trinajstić information content (AvgIpc) is 2.45. The molecule has 2 aromatic carbocycles. The average molecular weight is 374 g/mol. The van der Waals surface area contributed by atoms with E-state index in [4.69, 9.17) is 0 Å². The van der Waals surface area contributed by atoms with Gasteiger partial charge in [-0.05, 0) is 37.1 Å². The van der Waals surface area contributed by atoms with Crippen LogP contribution in [0.15, 0.2) is 36.4 Å². The number of nitro benzene ring substituents is 2. The number of hydrogen-bond acceptors (Lipinski definition) is 8. The van der Waals surface area contributed by atoms with Gasteiger partial charge in [0.25, 0.3) is 0 Å². The van der Waals surface area contributed by atoms with E-state index >= 15 is 0 Å². The molecule has 0 aliphatic heterocycles. The molecule has 0 amide bonds. The molecule has 0 spiro atoms. The molecule has 0 fully saturated rings. The van der Waals surface area contributed by atoms with Gasteiger partial charge in [-0.3, -0.25) is 20.2 Å². The zero-order valence-corrected chi connectivity index (χ0v) is 15.0. The number of phosphoric ester groups is 1. The summed E-state index contributed by atoms with van der Waals surface area (Å²) >= 11 is 0. The molecule has 2 aromatic rings. The van der Waals surface area contributed by atoms with Crippen molar-refractivity contribution in [1.29, 1.82) is 0 Å². The van der Waals surface area contributed by atoms with E-state index in [-0.39, 0.29) is 18.9 Å². The van der Waals surface area contributed by atoms with Crippen LogP contribution in [-0.4, -0.2) is 9.85 Å². The van der Waals surface area contributed by atoms with Gasteiger partial charge in [0.05, 0.1) is 9.85 Å². The number of nitrogens with zero attached hydrogens (tertiary/aromatic N) is 2. The summed E-state index contributed by atoms with van der Waals surface area (Å²) in [5.74, 6) is -1.09. The van der Waals surface area contributed by atoms with Crippen LogP contribution < -0.4 is 32.8 Å². The van der Waals surface area contributed by atoms with Crippen molar-refractivity contribution in [1.82, 2.24) is 0 Å². The van der Waals surface area contributed by atoms with E-state index in [1.165, 1.54) is 12.1 Å². The summed E-state index contributed by atoms with van der Waals surface area (Å²) in [4.78, 5) is 32.4. The normalized spacial score (nSPS) is 10.6. The summed E-state index contributed by atoms with van der Waals surface area (Å²) in [6.07, 6.45) is 0. The first-order valence-corrected chi connectivity index (χ1v) is 8.25. The van der Waals surface area contributed by atoms with Gasteiger partial charge in [0.2, 0.25) is 11.5 Å². The predicted octanol–water partition coefficient (Wildman–Crippen LogP) is 0.0500. The van der Waals surface area contributed by atoms with E-state index in [1.807, 2.05) is 0 Å². The maximum atomic E-state index is 12.1. The number of rotatable bonds is 6. The Bertz CT molecular complexity index is 835. The van der Waals surface area contributed by atoms with Gasteiger partial charge in [0, 0.05) is 12.1 Å². The standard InChI is InChI=1S/C14H13N2O8P.Li/c1-9-3-5-11(15(17)18)13(7-9)23-25(21,22)24-14-8-10(2)4-6-12(14)16(19)20;/h3-8H,1-2H3,(H,21,22);/q;+1/p-1. The topological polar surface area (TPSA) is 145 Å². The maximum absolute atomic E-state index is 12.1. The number of aryl methyl sites for hydroxylation is 2. The second-order valence-corrected chi connectivity index (χ2v) is 6.35. The van der Waals surface area contributed by atoms with Crippen LogP contribution in [0, 0.1) is 34.1 Å². The van der Waals surface area contributed by atoms with Crippen LogP contribution in [-0.2, 0) is 4.57 Å². The zero-order valence-electron chi connectivity index (χ0n) is 14.1. The minimum Gasteiger partial charge on any atom is -0.736 e. The van der Waals surface area contributed by atoms with Gasteiger partial charge in [-0.25, -0.2) is 4.57 Å². The van der Waals surface area contributed by atoms with Crippen molar-refractivity contribution in [3.63, 3.8) is 0 Å². The number of phosphoric acid groups is 1. The molecule has 0 saturated heterocycles. The molecule has 26 heavy (non-hydrogen) atoms. The fraction of sp³-hybridized carbons (Fsp3) is 0.143. The van der Waals surface area contributed by atoms with Crippen molar-refractivity contribution < 1.29 is 47.2 Å². The Kier molecular flexibility index (Phi) is 6.95. The molecule has 0 aliphatic rings. The molecule has 0 aromatic heterocycles. The molecular weight excluding hydrogens is 362 g/mol. The quantitative estimate of drug-likeness (QED) is 0.298. The van der Waals surface area contributed by atoms with E-state index in [0.717, 1.165) is 24.3 Å². The molecule has 132 valence electrons. The largest absolute Gasteiger partial charge is 1.00 e. The minimum absolute atomic E-state index is 0. The van der Waals surface area contributed by atoms with Gasteiger partial charge in [0.1, 0.15) is 0 Å². The van der Waals surface area contributed by atoms with Crippen LogP contribution in [0.1, 0.15) is 11.1 Å². The molecule has 0 N–H and O–H groups in total. The molecular formula is C14H12LiN2O8P. The molecule has 0 heterocycles. The number of benzene rings is 2. The van der Waals surface area contributed by atoms with Crippen LogP contribution in [0.2, 0.25) is 0 Å². The van der Waals surface area contributed by atoms with E-state index in [9.17, 15) is 29.7 Å². The SMILES string of the molecule is Cc1ccc([N+](=O)[O-])c(OP(=O)([O-])Oc2cc(C)ccc2[N+](=O)[O-])c1.[Li+]. The predicted molar refractivity (Wildman–Crippen MR) is 84.5 cm³/mol. The van der Waals surface area contributed by atoms with Gasteiger partial charge in [-0.2, -0.15) is 0 Å². The first-order chi connectivity index (χ1) is 11.6. The smallest absolute Gasteiger partial charge is 0.736 e. The summed E-state index contributed by atoms with van der Waals surface area (Å²) in [5, 5.41) is 21.9. The summed E-state index contributed by atoms with van der Waals surface area (Å²) in [5.41, 5.74) is -0.127. The summed E-state index contributed by atoms with van der Waals surface area (Å²) < 4.78 is 21.4. The first kappa shape index (κ1) is 21.7. The van der Waals surface area contributed by atoms with Crippen molar-refractivity contribution in [3.8, 4) is 11.5 Å². The van der Waals surface area contributed by atoms with E-state index in [2.05, 4.69) is 9.05 Å². The van der Waals surface area contributed by atoms with Crippen molar-refractivity contribution in [2.75, 3.05) is 0 Å². The fourth-order valence-electron chi connectivity index (χ4n) is 1.95. The van der Waals surface area contributed by atoms with Crippen LogP contribution in [0.4, 0.5) is 11.4 Å². The molecule has 0 unspecified atom stereocenters. The Morgan fingerprint density at radius 2 is 1.19 bits per heavy atom. The Hall–Kier alpha value is -2.37. The second-order valence-electron chi connectivity index (χ2n) is 5.09. The molecule has 2 rings (SSSR count).